The maximum atomic E-state index is 11.0. The Labute approximate surface area is 143 Å². The second-order valence-electron chi connectivity index (χ2n) is 4.03. The van der Waals surface area contributed by atoms with Crippen LogP contribution in [-0.4, -0.2) is 9.85 Å². The lowest BCUT2D eigenvalue weighted by atomic mass is 10.2. The highest BCUT2D eigenvalue weighted by Gasteiger charge is 2.22. The van der Waals surface area contributed by atoms with Crippen molar-refractivity contribution in [3.8, 4) is 11.5 Å². The molecule has 0 heterocycles. The van der Waals surface area contributed by atoms with Crippen LogP contribution in [0.15, 0.2) is 30.3 Å². The van der Waals surface area contributed by atoms with Crippen LogP contribution < -0.4 is 9.78 Å². The molecule has 0 aliphatic rings. The van der Waals surface area contributed by atoms with Gasteiger partial charge in [0.15, 0.2) is 5.75 Å². The molecule has 0 saturated heterocycles. The van der Waals surface area contributed by atoms with Crippen molar-refractivity contribution >= 4 is 46.2 Å². The number of halogens is 3. The molecule has 0 N–H and O–H groups in total. The Bertz CT molecular complexity index is 799. The highest BCUT2D eigenvalue weighted by Crippen LogP contribution is 2.36. The van der Waals surface area contributed by atoms with Crippen LogP contribution in [0.5, 0.6) is 11.5 Å². The Kier molecular flexibility index (Phi) is 5.09. The Hall–Kier alpha value is -2.29. The first-order chi connectivity index (χ1) is 10.8. The molecule has 0 bridgehead atoms. The van der Waals surface area contributed by atoms with Gasteiger partial charge in [-0.1, -0.05) is 34.8 Å². The Morgan fingerprint density at radius 1 is 0.783 bits per heavy atom. The topological polar surface area (TPSA) is 105 Å². The number of nitrogens with zero attached hydrogens (tertiary/aromatic N) is 2. The van der Waals surface area contributed by atoms with Crippen LogP contribution in [-0.2, 0) is 0 Å². The molecule has 2 rings (SSSR count). The lowest BCUT2D eigenvalue weighted by molar-refractivity contribution is -0.395. The summed E-state index contributed by atoms with van der Waals surface area (Å²) in [6.07, 6.45) is 0. The van der Waals surface area contributed by atoms with Gasteiger partial charge in [0.1, 0.15) is 0 Å². The lowest BCUT2D eigenvalue weighted by Crippen LogP contribution is -2.04. The van der Waals surface area contributed by atoms with Crippen molar-refractivity contribution in [2.24, 2.45) is 0 Å². The van der Waals surface area contributed by atoms with Gasteiger partial charge in [-0.25, -0.2) is 0 Å². The predicted molar refractivity (Wildman–Crippen MR) is 82.5 cm³/mol. The molecule has 0 amide bonds. The van der Waals surface area contributed by atoms with E-state index in [9.17, 15) is 20.2 Å². The van der Waals surface area contributed by atoms with Crippen molar-refractivity contribution in [2.75, 3.05) is 0 Å². The van der Waals surface area contributed by atoms with Gasteiger partial charge in [-0.05, 0) is 12.1 Å². The zero-order valence-corrected chi connectivity index (χ0v) is 13.1. The third-order valence-corrected chi connectivity index (χ3v) is 3.56. The molecule has 0 aliphatic carbocycles. The van der Waals surface area contributed by atoms with Crippen molar-refractivity contribution < 1.29 is 19.6 Å². The smallest absolute Gasteiger partial charge is 0.288 e. The third-order valence-electron chi connectivity index (χ3n) is 2.55. The second-order valence-corrected chi connectivity index (χ2v) is 5.25. The zero-order valence-electron chi connectivity index (χ0n) is 10.9. The van der Waals surface area contributed by atoms with Gasteiger partial charge in [0.05, 0.1) is 31.0 Å². The fourth-order valence-corrected chi connectivity index (χ4v) is 2.06. The molecule has 0 unspecified atom stereocenters. The van der Waals surface area contributed by atoms with E-state index in [-0.39, 0.29) is 26.6 Å². The molecule has 8 nitrogen and oxygen atoms in total. The first-order valence-electron chi connectivity index (χ1n) is 5.71. The molecule has 0 radical (unpaired) electrons. The normalized spacial score (nSPS) is 10.2. The largest absolute Gasteiger partial charge is 0.323 e. The van der Waals surface area contributed by atoms with Gasteiger partial charge in [0, 0.05) is 12.1 Å². The Morgan fingerprint density at radius 3 is 2.00 bits per heavy atom. The van der Waals surface area contributed by atoms with Crippen LogP contribution in [0.4, 0.5) is 11.4 Å². The summed E-state index contributed by atoms with van der Waals surface area (Å²) in [4.78, 5) is 29.7. The fourth-order valence-electron chi connectivity index (χ4n) is 1.49. The van der Waals surface area contributed by atoms with Gasteiger partial charge in [-0.2, -0.15) is 0 Å². The quantitative estimate of drug-likeness (QED) is 0.319. The lowest BCUT2D eigenvalue weighted by Gasteiger charge is -2.08. The first kappa shape index (κ1) is 17.1. The summed E-state index contributed by atoms with van der Waals surface area (Å²) in [6, 6.07) is 5.36. The molecule has 2 aromatic rings. The van der Waals surface area contributed by atoms with Crippen molar-refractivity contribution in [3.63, 3.8) is 0 Å². The summed E-state index contributed by atoms with van der Waals surface area (Å²) in [7, 11) is 0. The van der Waals surface area contributed by atoms with E-state index in [4.69, 9.17) is 44.6 Å². The highest BCUT2D eigenvalue weighted by molar-refractivity contribution is 6.43. The van der Waals surface area contributed by atoms with E-state index in [0.717, 1.165) is 18.2 Å². The molecule has 0 aromatic heterocycles. The van der Waals surface area contributed by atoms with E-state index >= 15 is 0 Å². The fraction of sp³-hybridized carbons (Fsp3) is 0. The van der Waals surface area contributed by atoms with E-state index in [1.165, 1.54) is 12.1 Å². The Morgan fingerprint density at radius 2 is 1.39 bits per heavy atom. The van der Waals surface area contributed by atoms with E-state index in [1.54, 1.807) is 0 Å². The van der Waals surface area contributed by atoms with Crippen LogP contribution in [0.25, 0.3) is 0 Å². The molecule has 120 valence electrons. The number of nitro groups is 2. The summed E-state index contributed by atoms with van der Waals surface area (Å²) in [6.45, 7) is 0. The molecular weight excluding hydrogens is 374 g/mol. The standard InChI is InChI=1S/C12H5Cl3N2O6/c13-7-4-9(15)12(5-8(7)14)23-22-11-2-1-6(16(18)19)3-10(11)17(20)21/h1-5H. The van der Waals surface area contributed by atoms with Crippen LogP contribution >= 0.6 is 34.8 Å². The minimum absolute atomic E-state index is 0.0336. The molecule has 2 aromatic carbocycles. The average Bonchev–Trinajstić information content (AvgIpc) is 2.49. The van der Waals surface area contributed by atoms with Crippen molar-refractivity contribution in [1.29, 1.82) is 0 Å². The minimum atomic E-state index is -0.845. The minimum Gasteiger partial charge on any atom is -0.288 e. The van der Waals surface area contributed by atoms with E-state index in [0.29, 0.717) is 0 Å². The van der Waals surface area contributed by atoms with E-state index < -0.39 is 21.2 Å². The molecule has 23 heavy (non-hydrogen) atoms. The molecule has 0 aliphatic heterocycles. The number of non-ortho nitro benzene ring substituents is 1. The third kappa shape index (κ3) is 3.92. The monoisotopic (exact) mass is 378 g/mol. The zero-order chi connectivity index (χ0) is 17.1. The van der Waals surface area contributed by atoms with E-state index in [2.05, 4.69) is 0 Å². The molecule has 0 atom stereocenters. The molecule has 11 heteroatoms. The van der Waals surface area contributed by atoms with Crippen LogP contribution in [0.2, 0.25) is 15.1 Å². The van der Waals surface area contributed by atoms with Crippen LogP contribution in [0.1, 0.15) is 0 Å². The number of hydrogen-bond donors (Lipinski definition) is 0. The second kappa shape index (κ2) is 6.86. The Balaban J connectivity index is 2.29. The maximum absolute atomic E-state index is 11.0. The van der Waals surface area contributed by atoms with Crippen molar-refractivity contribution in [1.82, 2.24) is 0 Å². The summed E-state index contributed by atoms with van der Waals surface area (Å²) < 4.78 is 0. The van der Waals surface area contributed by atoms with Gasteiger partial charge in [0.25, 0.3) is 11.4 Å². The number of nitro benzene ring substituents is 2. The average molecular weight is 380 g/mol. The molecule has 0 fully saturated rings. The SMILES string of the molecule is O=[N+]([O-])c1ccc(OOc2cc(Cl)c(Cl)cc2Cl)c([N+](=O)[O-])c1. The molecule has 0 spiro atoms. The summed E-state index contributed by atoms with van der Waals surface area (Å²) in [5.41, 5.74) is -1.10. The molecule has 0 saturated carbocycles. The summed E-state index contributed by atoms with van der Waals surface area (Å²) in [5, 5.41) is 22.0. The van der Waals surface area contributed by atoms with Crippen molar-refractivity contribution in [2.45, 2.75) is 0 Å². The van der Waals surface area contributed by atoms with Gasteiger partial charge in [0.2, 0.25) is 0 Å². The summed E-state index contributed by atoms with van der Waals surface area (Å²) in [5.74, 6) is -0.378. The maximum Gasteiger partial charge on any atom is 0.323 e. The van der Waals surface area contributed by atoms with Gasteiger partial charge in [-0.15, -0.1) is 0 Å². The van der Waals surface area contributed by atoms with Gasteiger partial charge < -0.3 is 0 Å². The van der Waals surface area contributed by atoms with Crippen LogP contribution in [0.3, 0.4) is 0 Å². The van der Waals surface area contributed by atoms with E-state index in [1.807, 2.05) is 0 Å². The number of rotatable bonds is 5. The number of hydrogen-bond acceptors (Lipinski definition) is 6. The summed E-state index contributed by atoms with van der Waals surface area (Å²) >= 11 is 17.4. The van der Waals surface area contributed by atoms with Crippen LogP contribution in [0, 0.1) is 20.2 Å². The van der Waals surface area contributed by atoms with Gasteiger partial charge in [-0.3, -0.25) is 30.0 Å². The van der Waals surface area contributed by atoms with Gasteiger partial charge >= 0.3 is 5.69 Å². The first-order valence-corrected chi connectivity index (χ1v) is 6.85. The van der Waals surface area contributed by atoms with Crippen molar-refractivity contribution in [3.05, 3.63) is 65.6 Å². The predicted octanol–water partition coefficient (Wildman–Crippen LogP) is 4.84. The highest BCUT2D eigenvalue weighted by atomic mass is 35.5. The number of benzene rings is 2. The molecular formula is C12H5Cl3N2O6.